The van der Waals surface area contributed by atoms with Crippen molar-refractivity contribution in [3.05, 3.63) is 18.0 Å². The molecule has 0 radical (unpaired) electrons. The van der Waals surface area contributed by atoms with Crippen LogP contribution in [-0.4, -0.2) is 87.2 Å². The number of carbonyl (C=O) groups is 1. The Hall–Kier alpha value is -1.69. The lowest BCUT2D eigenvalue weighted by atomic mass is 9.97. The van der Waals surface area contributed by atoms with E-state index in [2.05, 4.69) is 19.6 Å². The number of halogens is 1. The molecule has 0 bridgehead atoms. The Kier molecular flexibility index (Phi) is 9.28. The lowest BCUT2D eigenvalue weighted by Crippen LogP contribution is -2.59. The van der Waals surface area contributed by atoms with Crippen molar-refractivity contribution in [1.29, 1.82) is 0 Å². The first-order valence-electron chi connectivity index (χ1n) is 10.2. The molecule has 12 heteroatoms. The van der Waals surface area contributed by atoms with E-state index in [1.165, 1.54) is 7.11 Å². The molecule has 31 heavy (non-hydrogen) atoms. The van der Waals surface area contributed by atoms with Gasteiger partial charge in [0.1, 0.15) is 0 Å². The molecule has 2 fully saturated rings. The highest BCUT2D eigenvalue weighted by Crippen LogP contribution is 2.23. The third-order valence-corrected chi connectivity index (χ3v) is 6.29. The van der Waals surface area contributed by atoms with E-state index >= 15 is 0 Å². The van der Waals surface area contributed by atoms with Crippen LogP contribution in [0, 0.1) is 6.92 Å². The number of sulfonamides is 1. The maximum absolute atomic E-state index is 12.2. The zero-order valence-corrected chi connectivity index (χ0v) is 19.8. The van der Waals surface area contributed by atoms with Gasteiger partial charge in [-0.15, -0.1) is 12.4 Å². The van der Waals surface area contributed by atoms with Gasteiger partial charge in [-0.05, 0) is 38.7 Å². The van der Waals surface area contributed by atoms with Gasteiger partial charge in [-0.1, -0.05) is 0 Å². The van der Waals surface area contributed by atoms with Crippen LogP contribution >= 0.6 is 12.4 Å². The number of methoxy groups -OCH3 is 1. The molecule has 2 aliphatic heterocycles. The number of ether oxygens (including phenoxy) is 2. The molecule has 0 saturated carbocycles. The molecule has 0 unspecified atom stereocenters. The Bertz CT molecular complexity index is 835. The normalized spacial score (nSPS) is 22.7. The summed E-state index contributed by atoms with van der Waals surface area (Å²) in [7, 11) is -2.07. The molecule has 2 saturated heterocycles. The minimum absolute atomic E-state index is 0. The second-order valence-electron chi connectivity index (χ2n) is 7.89. The van der Waals surface area contributed by atoms with E-state index in [0.717, 1.165) is 43.8 Å². The van der Waals surface area contributed by atoms with E-state index in [1.807, 2.05) is 13.0 Å². The molecule has 0 spiro atoms. The van der Waals surface area contributed by atoms with Crippen molar-refractivity contribution in [3.8, 4) is 0 Å². The van der Waals surface area contributed by atoms with Crippen molar-refractivity contribution in [2.24, 2.45) is 0 Å². The zero-order valence-electron chi connectivity index (χ0n) is 18.2. The summed E-state index contributed by atoms with van der Waals surface area (Å²) in [5, 5.41) is 0. The fourth-order valence-corrected chi connectivity index (χ4v) is 4.89. The van der Waals surface area contributed by atoms with Gasteiger partial charge in [0.15, 0.2) is 0 Å². The van der Waals surface area contributed by atoms with Crippen molar-refractivity contribution in [2.75, 3.05) is 44.5 Å². The number of carbonyl (C=O) groups excluding carboxylic acids is 1. The van der Waals surface area contributed by atoms with Gasteiger partial charge in [0.25, 0.3) is 0 Å². The minimum atomic E-state index is -3.40. The highest BCUT2D eigenvalue weighted by molar-refractivity contribution is 7.88. The molecule has 3 rings (SSSR count). The first-order valence-corrected chi connectivity index (χ1v) is 12.1. The van der Waals surface area contributed by atoms with Gasteiger partial charge in [0.2, 0.25) is 16.0 Å². The molecule has 1 amide bonds. The van der Waals surface area contributed by atoms with Gasteiger partial charge in [0.05, 0.1) is 32.1 Å². The lowest BCUT2D eigenvalue weighted by Gasteiger charge is -2.41. The first-order chi connectivity index (χ1) is 14.3. The van der Waals surface area contributed by atoms with Crippen LogP contribution in [0.25, 0.3) is 0 Å². The van der Waals surface area contributed by atoms with Crippen LogP contribution < -0.4 is 9.62 Å². The summed E-state index contributed by atoms with van der Waals surface area (Å²) < 4.78 is 37.3. The molecule has 1 N–H and O–H groups in total. The highest BCUT2D eigenvalue weighted by atomic mass is 35.5. The molecular formula is C19H32ClN5O5S. The van der Waals surface area contributed by atoms with E-state index in [9.17, 15) is 13.2 Å². The molecule has 1 aromatic heterocycles. The van der Waals surface area contributed by atoms with Gasteiger partial charge in [-0.3, -0.25) is 0 Å². The second-order valence-corrected chi connectivity index (χ2v) is 9.67. The van der Waals surface area contributed by atoms with Crippen LogP contribution in [0.1, 0.15) is 31.4 Å². The molecule has 2 aliphatic rings. The number of hydrogen-bond donors (Lipinski definition) is 1. The number of piperidine rings is 2. The molecule has 1 aromatic rings. The monoisotopic (exact) mass is 477 g/mol. The average molecular weight is 478 g/mol. The third-order valence-electron chi connectivity index (χ3n) is 5.56. The maximum Gasteiger partial charge on any atom is 0.409 e. The van der Waals surface area contributed by atoms with Crippen LogP contribution in [0.15, 0.2) is 12.3 Å². The summed E-state index contributed by atoms with van der Waals surface area (Å²) >= 11 is 0. The SMILES string of the molecule is COC(=O)N1CCC[C@H](NS(C)(=O)=O)[C@@H]1COC1CCN(c2nccc(C)n2)CC1.Cl. The molecule has 0 aromatic carbocycles. The number of aryl methyl sites for hydroxylation is 1. The lowest BCUT2D eigenvalue weighted by molar-refractivity contribution is -0.0181. The van der Waals surface area contributed by atoms with Gasteiger partial charge >= 0.3 is 6.09 Å². The van der Waals surface area contributed by atoms with Crippen molar-refractivity contribution in [2.45, 2.75) is 50.8 Å². The Morgan fingerprint density at radius 1 is 1.26 bits per heavy atom. The molecule has 0 aliphatic carbocycles. The topological polar surface area (TPSA) is 114 Å². The van der Waals surface area contributed by atoms with Crippen LogP contribution in [0.2, 0.25) is 0 Å². The Morgan fingerprint density at radius 2 is 1.97 bits per heavy atom. The van der Waals surface area contributed by atoms with Gasteiger partial charge in [-0.2, -0.15) is 0 Å². The third kappa shape index (κ3) is 7.16. The summed E-state index contributed by atoms with van der Waals surface area (Å²) in [6, 6.07) is 1.07. The largest absolute Gasteiger partial charge is 0.453 e. The van der Waals surface area contributed by atoms with Crippen LogP contribution in [0.4, 0.5) is 10.7 Å². The van der Waals surface area contributed by atoms with Crippen LogP contribution in [0.5, 0.6) is 0 Å². The summed E-state index contributed by atoms with van der Waals surface area (Å²) in [6.07, 6.45) is 5.44. The van der Waals surface area contributed by atoms with Gasteiger partial charge in [0, 0.05) is 37.6 Å². The Labute approximate surface area is 190 Å². The second kappa shape index (κ2) is 11.3. The fraction of sp³-hybridized carbons (Fsp3) is 0.737. The molecule has 176 valence electrons. The number of amides is 1. The van der Waals surface area contributed by atoms with E-state index < -0.39 is 28.2 Å². The summed E-state index contributed by atoms with van der Waals surface area (Å²) in [6.45, 7) is 4.29. The number of hydrogen-bond acceptors (Lipinski definition) is 8. The summed E-state index contributed by atoms with van der Waals surface area (Å²) in [5.41, 5.74) is 0.933. The maximum atomic E-state index is 12.2. The van der Waals surface area contributed by atoms with Gasteiger partial charge < -0.3 is 19.3 Å². The number of nitrogens with one attached hydrogen (secondary N) is 1. The van der Waals surface area contributed by atoms with Crippen molar-refractivity contribution >= 4 is 34.5 Å². The number of rotatable bonds is 6. The predicted octanol–water partition coefficient (Wildman–Crippen LogP) is 1.34. The molecular weight excluding hydrogens is 446 g/mol. The van der Waals surface area contributed by atoms with E-state index in [1.54, 1.807) is 11.1 Å². The van der Waals surface area contributed by atoms with Crippen LogP contribution in [0.3, 0.4) is 0 Å². The smallest absolute Gasteiger partial charge is 0.409 e. The van der Waals surface area contributed by atoms with E-state index in [-0.39, 0.29) is 25.1 Å². The average Bonchev–Trinajstić information content (AvgIpc) is 2.71. The quantitative estimate of drug-likeness (QED) is 0.652. The number of aromatic nitrogens is 2. The number of nitrogens with zero attached hydrogens (tertiary/aromatic N) is 4. The Morgan fingerprint density at radius 3 is 2.58 bits per heavy atom. The van der Waals surface area contributed by atoms with Crippen molar-refractivity contribution < 1.29 is 22.7 Å². The van der Waals surface area contributed by atoms with Crippen LogP contribution in [-0.2, 0) is 19.5 Å². The standard InChI is InChI=1S/C19H31N5O5S.ClH/c1-14-6-9-20-18(21-14)23-11-7-15(8-12-23)29-13-17-16(22-30(3,26)27)5-4-10-24(17)19(25)28-2;/h6,9,15-17,22H,4-5,7-8,10-13H2,1-3H3;1H/t16-,17-;/m0./s1. The number of anilines is 1. The van der Waals surface area contributed by atoms with Crippen molar-refractivity contribution in [1.82, 2.24) is 19.6 Å². The first kappa shape index (κ1) is 25.6. The predicted molar refractivity (Wildman–Crippen MR) is 119 cm³/mol. The molecule has 10 nitrogen and oxygen atoms in total. The minimum Gasteiger partial charge on any atom is -0.453 e. The molecule has 3 heterocycles. The number of likely N-dealkylation sites (tertiary alicyclic amines) is 1. The zero-order chi connectivity index (χ0) is 21.7. The van der Waals surface area contributed by atoms with Gasteiger partial charge in [-0.25, -0.2) is 27.9 Å². The molecule has 2 atom stereocenters. The summed E-state index contributed by atoms with van der Waals surface area (Å²) in [4.78, 5) is 24.7. The van der Waals surface area contributed by atoms with E-state index in [0.29, 0.717) is 19.4 Å². The fourth-order valence-electron chi connectivity index (χ4n) is 4.06. The van der Waals surface area contributed by atoms with Crippen molar-refractivity contribution in [3.63, 3.8) is 0 Å². The highest BCUT2D eigenvalue weighted by Gasteiger charge is 2.37. The summed E-state index contributed by atoms with van der Waals surface area (Å²) in [5.74, 6) is 0.731. The Balaban J connectivity index is 0.00000341. The van der Waals surface area contributed by atoms with E-state index in [4.69, 9.17) is 9.47 Å².